The number of nitrogens with one attached hydrogen (secondary N) is 1. The van der Waals surface area contributed by atoms with E-state index < -0.39 is 22.0 Å². The molecule has 0 saturated heterocycles. The fourth-order valence-electron chi connectivity index (χ4n) is 2.30. The van der Waals surface area contributed by atoms with Gasteiger partial charge in [0, 0.05) is 0 Å². The molecule has 124 valence electrons. The van der Waals surface area contributed by atoms with Gasteiger partial charge in [-0.05, 0) is 68.4 Å². The van der Waals surface area contributed by atoms with Gasteiger partial charge in [-0.1, -0.05) is 6.07 Å². The first kappa shape index (κ1) is 19.0. The van der Waals surface area contributed by atoms with Crippen LogP contribution in [0.2, 0.25) is 0 Å². The van der Waals surface area contributed by atoms with Crippen molar-refractivity contribution in [3.05, 3.63) is 28.3 Å². The minimum absolute atomic E-state index is 0.195. The molecule has 7 heteroatoms. The van der Waals surface area contributed by atoms with Crippen molar-refractivity contribution in [2.45, 2.75) is 45.1 Å². The second kappa shape index (κ2) is 7.48. The van der Waals surface area contributed by atoms with Gasteiger partial charge < -0.3 is 5.11 Å². The zero-order valence-electron chi connectivity index (χ0n) is 13.6. The smallest absolute Gasteiger partial charge is 0.321 e. The average Bonchev–Trinajstić information content (AvgIpc) is 2.41. The molecule has 1 aromatic carbocycles. The van der Waals surface area contributed by atoms with E-state index in [0.717, 1.165) is 11.1 Å². The highest BCUT2D eigenvalue weighted by Gasteiger charge is 2.28. The van der Waals surface area contributed by atoms with Gasteiger partial charge in [-0.15, -0.1) is 0 Å². The van der Waals surface area contributed by atoms with Crippen molar-refractivity contribution in [2.24, 2.45) is 0 Å². The van der Waals surface area contributed by atoms with Crippen LogP contribution in [-0.2, 0) is 14.8 Å². The van der Waals surface area contributed by atoms with Crippen LogP contribution in [0.4, 0.5) is 0 Å². The van der Waals surface area contributed by atoms with Crippen LogP contribution in [0.25, 0.3) is 0 Å². The van der Waals surface area contributed by atoms with Crippen molar-refractivity contribution in [1.82, 2.24) is 4.72 Å². The second-order valence-corrected chi connectivity index (χ2v) is 8.02. The molecule has 0 fully saturated rings. The topological polar surface area (TPSA) is 83.5 Å². The van der Waals surface area contributed by atoms with Crippen molar-refractivity contribution in [3.63, 3.8) is 0 Å². The maximum Gasteiger partial charge on any atom is 0.321 e. The number of carbonyl (C=O) groups is 1. The highest BCUT2D eigenvalue weighted by molar-refractivity contribution is 7.98. The van der Waals surface area contributed by atoms with E-state index in [4.69, 9.17) is 0 Å². The van der Waals surface area contributed by atoms with Crippen LogP contribution in [0.1, 0.15) is 28.7 Å². The van der Waals surface area contributed by atoms with Crippen LogP contribution in [0.15, 0.2) is 11.0 Å². The predicted octanol–water partition coefficient (Wildman–Crippen LogP) is 2.40. The molecular weight excluding hydrogens is 322 g/mol. The summed E-state index contributed by atoms with van der Waals surface area (Å²) in [5.41, 5.74) is 3.06. The van der Waals surface area contributed by atoms with E-state index in [-0.39, 0.29) is 11.3 Å². The Balaban J connectivity index is 3.27. The Hall–Kier alpha value is -1.05. The molecule has 0 spiro atoms. The second-order valence-electron chi connectivity index (χ2n) is 5.38. The maximum atomic E-state index is 12.7. The Labute approximate surface area is 136 Å². The molecule has 0 bridgehead atoms. The fourth-order valence-corrected chi connectivity index (χ4v) is 4.61. The minimum atomic E-state index is -3.88. The molecule has 0 heterocycles. The molecule has 0 radical (unpaired) electrons. The molecule has 0 saturated carbocycles. The van der Waals surface area contributed by atoms with Crippen LogP contribution in [-0.4, -0.2) is 37.5 Å². The van der Waals surface area contributed by atoms with Crippen molar-refractivity contribution >= 4 is 27.8 Å². The van der Waals surface area contributed by atoms with Crippen molar-refractivity contribution in [3.8, 4) is 0 Å². The first-order valence-electron chi connectivity index (χ1n) is 6.93. The van der Waals surface area contributed by atoms with Gasteiger partial charge in [0.25, 0.3) is 0 Å². The normalized spacial score (nSPS) is 13.1. The quantitative estimate of drug-likeness (QED) is 0.793. The zero-order chi connectivity index (χ0) is 17.1. The Morgan fingerprint density at radius 3 is 2.14 bits per heavy atom. The first-order valence-corrected chi connectivity index (χ1v) is 9.81. The summed E-state index contributed by atoms with van der Waals surface area (Å²) in [6.07, 6.45) is 2.10. The summed E-state index contributed by atoms with van der Waals surface area (Å²) in [6.45, 7) is 7.19. The summed E-state index contributed by atoms with van der Waals surface area (Å²) < 4.78 is 27.7. The van der Waals surface area contributed by atoms with E-state index in [1.54, 1.807) is 13.8 Å². The number of thioether (sulfide) groups is 1. The molecule has 0 aromatic heterocycles. The molecule has 22 heavy (non-hydrogen) atoms. The SMILES string of the molecule is CSCCC(NS(=O)(=O)c1c(C)c(C)cc(C)c1C)C(=O)O. The van der Waals surface area contributed by atoms with E-state index in [2.05, 4.69) is 4.72 Å². The first-order chi connectivity index (χ1) is 10.1. The van der Waals surface area contributed by atoms with Crippen LogP contribution in [0.3, 0.4) is 0 Å². The third kappa shape index (κ3) is 4.24. The number of carboxylic acids is 1. The summed E-state index contributed by atoms with van der Waals surface area (Å²) in [7, 11) is -3.88. The third-order valence-corrected chi connectivity index (χ3v) is 6.16. The Kier molecular flexibility index (Phi) is 6.46. The minimum Gasteiger partial charge on any atom is -0.480 e. The van der Waals surface area contributed by atoms with E-state index in [9.17, 15) is 18.3 Å². The lowest BCUT2D eigenvalue weighted by atomic mass is 10.0. The van der Waals surface area contributed by atoms with Gasteiger partial charge >= 0.3 is 5.97 Å². The number of carboxylic acid groups (broad SMARTS) is 1. The standard InChI is InChI=1S/C15H23NO4S2/c1-9-8-10(2)12(4)14(11(9)3)22(19,20)16-13(15(17)18)6-7-21-5/h8,13,16H,6-7H2,1-5H3,(H,17,18). The number of hydrogen-bond acceptors (Lipinski definition) is 4. The largest absolute Gasteiger partial charge is 0.480 e. The number of aryl methyl sites for hydroxylation is 2. The van der Waals surface area contributed by atoms with E-state index in [1.807, 2.05) is 26.2 Å². The number of aliphatic carboxylic acids is 1. The third-order valence-electron chi connectivity index (χ3n) is 3.77. The van der Waals surface area contributed by atoms with Gasteiger partial charge in [-0.2, -0.15) is 16.5 Å². The number of sulfonamides is 1. The summed E-state index contributed by atoms with van der Waals surface area (Å²) in [4.78, 5) is 11.5. The van der Waals surface area contributed by atoms with Gasteiger partial charge in [-0.25, -0.2) is 8.42 Å². The zero-order valence-corrected chi connectivity index (χ0v) is 15.2. The molecular formula is C15H23NO4S2. The van der Waals surface area contributed by atoms with E-state index in [1.165, 1.54) is 11.8 Å². The van der Waals surface area contributed by atoms with Crippen LogP contribution >= 0.6 is 11.8 Å². The Morgan fingerprint density at radius 1 is 1.23 bits per heavy atom. The molecule has 0 aliphatic carbocycles. The van der Waals surface area contributed by atoms with Gasteiger partial charge in [-0.3, -0.25) is 4.79 Å². The van der Waals surface area contributed by atoms with Crippen molar-refractivity contribution < 1.29 is 18.3 Å². The summed E-state index contributed by atoms with van der Waals surface area (Å²) in [5.74, 6) is -0.582. The van der Waals surface area contributed by atoms with Gasteiger partial charge in [0.05, 0.1) is 4.90 Å². The van der Waals surface area contributed by atoms with Crippen LogP contribution in [0.5, 0.6) is 0 Å². The summed E-state index contributed by atoms with van der Waals surface area (Å²) in [5, 5.41) is 9.22. The molecule has 0 aliphatic heterocycles. The molecule has 1 unspecified atom stereocenters. The Morgan fingerprint density at radius 2 is 1.73 bits per heavy atom. The monoisotopic (exact) mass is 345 g/mol. The van der Waals surface area contributed by atoms with E-state index >= 15 is 0 Å². The van der Waals surface area contributed by atoms with Crippen molar-refractivity contribution in [1.29, 1.82) is 0 Å². The highest BCUT2D eigenvalue weighted by Crippen LogP contribution is 2.26. The summed E-state index contributed by atoms with van der Waals surface area (Å²) >= 11 is 1.48. The van der Waals surface area contributed by atoms with Gasteiger partial charge in [0.2, 0.25) is 10.0 Å². The van der Waals surface area contributed by atoms with Crippen LogP contribution < -0.4 is 4.72 Å². The van der Waals surface area contributed by atoms with E-state index in [0.29, 0.717) is 16.9 Å². The molecule has 1 rings (SSSR count). The lowest BCUT2D eigenvalue weighted by molar-refractivity contribution is -0.139. The molecule has 5 nitrogen and oxygen atoms in total. The van der Waals surface area contributed by atoms with Gasteiger partial charge in [0.15, 0.2) is 0 Å². The molecule has 0 amide bonds. The van der Waals surface area contributed by atoms with Crippen molar-refractivity contribution in [2.75, 3.05) is 12.0 Å². The molecule has 2 N–H and O–H groups in total. The molecule has 1 atom stereocenters. The fraction of sp³-hybridized carbons (Fsp3) is 0.533. The predicted molar refractivity (Wildman–Crippen MR) is 90.1 cm³/mol. The Bertz CT molecular complexity index is 642. The number of benzene rings is 1. The average molecular weight is 345 g/mol. The number of rotatable bonds is 7. The number of hydrogen-bond donors (Lipinski definition) is 2. The lowest BCUT2D eigenvalue weighted by Crippen LogP contribution is -2.41. The van der Waals surface area contributed by atoms with Gasteiger partial charge in [0.1, 0.15) is 6.04 Å². The summed E-state index contributed by atoms with van der Waals surface area (Å²) in [6, 6.07) is 0.823. The highest BCUT2D eigenvalue weighted by atomic mass is 32.2. The van der Waals surface area contributed by atoms with Crippen LogP contribution in [0, 0.1) is 27.7 Å². The molecule has 1 aromatic rings. The maximum absolute atomic E-state index is 12.7. The lowest BCUT2D eigenvalue weighted by Gasteiger charge is -2.19. The molecule has 0 aliphatic rings.